The molecule has 0 N–H and O–H groups in total. The van der Waals surface area contributed by atoms with Gasteiger partial charge in [0.2, 0.25) is 0 Å². The molecule has 0 unspecified atom stereocenters. The lowest BCUT2D eigenvalue weighted by Crippen LogP contribution is -1.94. The van der Waals surface area contributed by atoms with Crippen molar-refractivity contribution in [3.05, 3.63) is 40.5 Å². The van der Waals surface area contributed by atoms with Crippen LogP contribution in [-0.2, 0) is 0 Å². The predicted octanol–water partition coefficient (Wildman–Crippen LogP) is 3.91. The molecule has 3 nitrogen and oxygen atoms in total. The predicted molar refractivity (Wildman–Crippen MR) is 75.6 cm³/mol. The fourth-order valence-electron chi connectivity index (χ4n) is 1.98. The van der Waals surface area contributed by atoms with Crippen LogP contribution in [0, 0.1) is 6.92 Å². The molecule has 92 valence electrons. The van der Waals surface area contributed by atoms with Gasteiger partial charge in [0.25, 0.3) is 0 Å². The molecule has 0 radical (unpaired) electrons. The number of imidazole rings is 1. The fraction of sp³-hybridized carbons (Fsp3) is 0.286. The SMILES string of the molecule is Cc1cc(-n2cnc3cc(C(C)C)cnc32)cs1. The van der Waals surface area contributed by atoms with Gasteiger partial charge in [0, 0.05) is 16.5 Å². The molecule has 3 aromatic heterocycles. The molecule has 0 atom stereocenters. The van der Waals surface area contributed by atoms with E-state index in [2.05, 4.69) is 48.3 Å². The minimum Gasteiger partial charge on any atom is -0.282 e. The van der Waals surface area contributed by atoms with Crippen molar-refractivity contribution >= 4 is 22.5 Å². The zero-order valence-corrected chi connectivity index (χ0v) is 11.5. The molecular formula is C14H15N3S. The molecule has 0 aliphatic carbocycles. The van der Waals surface area contributed by atoms with Crippen molar-refractivity contribution in [2.24, 2.45) is 0 Å². The molecule has 0 bridgehead atoms. The van der Waals surface area contributed by atoms with E-state index < -0.39 is 0 Å². The Hall–Kier alpha value is -1.68. The molecule has 3 heterocycles. The highest BCUT2D eigenvalue weighted by molar-refractivity contribution is 7.10. The largest absolute Gasteiger partial charge is 0.282 e. The Balaban J connectivity index is 2.15. The number of hydrogen-bond acceptors (Lipinski definition) is 3. The smallest absolute Gasteiger partial charge is 0.164 e. The summed E-state index contributed by atoms with van der Waals surface area (Å²) in [4.78, 5) is 10.3. The van der Waals surface area contributed by atoms with Gasteiger partial charge in [-0.25, -0.2) is 9.97 Å². The second-order valence-corrected chi connectivity index (χ2v) is 5.91. The van der Waals surface area contributed by atoms with Crippen LogP contribution in [0.1, 0.15) is 30.2 Å². The standard InChI is InChI=1S/C14H15N3S/c1-9(2)11-5-13-14(15-6-11)17(8-16-13)12-4-10(3)18-7-12/h4-9H,1-3H3. The van der Waals surface area contributed by atoms with Crippen LogP contribution < -0.4 is 0 Å². The first kappa shape index (κ1) is 11.4. The second kappa shape index (κ2) is 4.21. The summed E-state index contributed by atoms with van der Waals surface area (Å²) in [6.07, 6.45) is 3.80. The van der Waals surface area contributed by atoms with Crippen molar-refractivity contribution in [3.8, 4) is 5.69 Å². The Bertz CT molecular complexity index is 694. The monoisotopic (exact) mass is 257 g/mol. The first-order valence-corrected chi connectivity index (χ1v) is 6.91. The summed E-state index contributed by atoms with van der Waals surface area (Å²) in [5, 5.41) is 2.13. The van der Waals surface area contributed by atoms with E-state index in [0.29, 0.717) is 5.92 Å². The maximum Gasteiger partial charge on any atom is 0.164 e. The second-order valence-electron chi connectivity index (χ2n) is 4.80. The highest BCUT2D eigenvalue weighted by atomic mass is 32.1. The topological polar surface area (TPSA) is 30.7 Å². The van der Waals surface area contributed by atoms with Crippen LogP contribution in [0.4, 0.5) is 0 Å². The van der Waals surface area contributed by atoms with Gasteiger partial charge in [0.15, 0.2) is 5.65 Å². The Morgan fingerprint density at radius 2 is 2.06 bits per heavy atom. The van der Waals surface area contributed by atoms with Crippen molar-refractivity contribution < 1.29 is 0 Å². The molecule has 0 aromatic carbocycles. The van der Waals surface area contributed by atoms with Crippen LogP contribution in [0.2, 0.25) is 0 Å². The lowest BCUT2D eigenvalue weighted by molar-refractivity contribution is 0.861. The van der Waals surface area contributed by atoms with Gasteiger partial charge in [0.1, 0.15) is 11.8 Å². The quantitative estimate of drug-likeness (QED) is 0.696. The van der Waals surface area contributed by atoms with Crippen LogP contribution >= 0.6 is 11.3 Å². The van der Waals surface area contributed by atoms with E-state index >= 15 is 0 Å². The molecule has 0 amide bonds. The van der Waals surface area contributed by atoms with Crippen LogP contribution in [-0.4, -0.2) is 14.5 Å². The first-order valence-electron chi connectivity index (χ1n) is 6.03. The molecule has 0 fully saturated rings. The van der Waals surface area contributed by atoms with Gasteiger partial charge >= 0.3 is 0 Å². The minimum absolute atomic E-state index is 0.482. The average Bonchev–Trinajstić information content (AvgIpc) is 2.93. The molecule has 18 heavy (non-hydrogen) atoms. The number of aromatic nitrogens is 3. The van der Waals surface area contributed by atoms with Gasteiger partial charge in [-0.2, -0.15) is 0 Å². The lowest BCUT2D eigenvalue weighted by Gasteiger charge is -2.04. The van der Waals surface area contributed by atoms with E-state index in [4.69, 9.17) is 0 Å². The Morgan fingerprint density at radius 1 is 1.22 bits per heavy atom. The molecule has 3 aromatic rings. The number of rotatable bonds is 2. The summed E-state index contributed by atoms with van der Waals surface area (Å²) < 4.78 is 2.04. The third kappa shape index (κ3) is 1.82. The summed E-state index contributed by atoms with van der Waals surface area (Å²) in [7, 11) is 0. The highest BCUT2D eigenvalue weighted by Gasteiger charge is 2.09. The maximum atomic E-state index is 4.55. The summed E-state index contributed by atoms with van der Waals surface area (Å²) in [6, 6.07) is 4.28. The van der Waals surface area contributed by atoms with E-state index in [1.807, 2.05) is 17.1 Å². The number of nitrogens with zero attached hydrogens (tertiary/aromatic N) is 3. The number of hydrogen-bond donors (Lipinski definition) is 0. The first-order chi connectivity index (χ1) is 8.65. The van der Waals surface area contributed by atoms with E-state index in [-0.39, 0.29) is 0 Å². The Kier molecular flexibility index (Phi) is 2.67. The third-order valence-corrected chi connectivity index (χ3v) is 3.92. The molecule has 0 saturated heterocycles. The van der Waals surface area contributed by atoms with Gasteiger partial charge < -0.3 is 0 Å². The van der Waals surface area contributed by atoms with Gasteiger partial charge in [0.05, 0.1) is 5.69 Å². The van der Waals surface area contributed by atoms with Gasteiger partial charge in [-0.05, 0) is 30.5 Å². The zero-order valence-electron chi connectivity index (χ0n) is 10.7. The van der Waals surface area contributed by atoms with Crippen LogP contribution in [0.3, 0.4) is 0 Å². The van der Waals surface area contributed by atoms with Crippen LogP contribution in [0.5, 0.6) is 0 Å². The molecule has 0 saturated carbocycles. The average molecular weight is 257 g/mol. The van der Waals surface area contributed by atoms with Crippen molar-refractivity contribution in [2.75, 3.05) is 0 Å². The number of pyridine rings is 1. The van der Waals surface area contributed by atoms with Gasteiger partial charge in [-0.15, -0.1) is 11.3 Å². The fourth-order valence-corrected chi connectivity index (χ4v) is 2.65. The normalized spacial score (nSPS) is 11.6. The highest BCUT2D eigenvalue weighted by Crippen LogP contribution is 2.23. The molecule has 4 heteroatoms. The van der Waals surface area contributed by atoms with Crippen molar-refractivity contribution in [1.29, 1.82) is 0 Å². The molecule has 0 aliphatic heterocycles. The van der Waals surface area contributed by atoms with E-state index in [1.165, 1.54) is 10.4 Å². The van der Waals surface area contributed by atoms with E-state index in [1.54, 1.807) is 11.3 Å². The summed E-state index contributed by atoms with van der Waals surface area (Å²) in [5.74, 6) is 0.482. The Labute approximate surface area is 110 Å². The lowest BCUT2D eigenvalue weighted by atomic mass is 10.1. The zero-order chi connectivity index (χ0) is 12.7. The van der Waals surface area contributed by atoms with Crippen molar-refractivity contribution in [1.82, 2.24) is 14.5 Å². The summed E-state index contributed by atoms with van der Waals surface area (Å²) in [6.45, 7) is 6.45. The Morgan fingerprint density at radius 3 is 2.72 bits per heavy atom. The molecular weight excluding hydrogens is 242 g/mol. The van der Waals surface area contributed by atoms with Crippen molar-refractivity contribution in [2.45, 2.75) is 26.7 Å². The van der Waals surface area contributed by atoms with Crippen LogP contribution in [0.25, 0.3) is 16.9 Å². The summed E-state index contributed by atoms with van der Waals surface area (Å²) in [5.41, 5.74) is 4.27. The molecule has 3 rings (SSSR count). The number of fused-ring (bicyclic) bond motifs is 1. The number of thiophene rings is 1. The third-order valence-electron chi connectivity index (χ3n) is 3.07. The maximum absolute atomic E-state index is 4.55. The minimum atomic E-state index is 0.482. The molecule has 0 spiro atoms. The van der Waals surface area contributed by atoms with Crippen LogP contribution in [0.15, 0.2) is 30.0 Å². The van der Waals surface area contributed by atoms with E-state index in [9.17, 15) is 0 Å². The van der Waals surface area contributed by atoms with Gasteiger partial charge in [-0.3, -0.25) is 4.57 Å². The van der Waals surface area contributed by atoms with Gasteiger partial charge in [-0.1, -0.05) is 13.8 Å². The van der Waals surface area contributed by atoms with E-state index in [0.717, 1.165) is 16.9 Å². The number of aryl methyl sites for hydroxylation is 1. The van der Waals surface area contributed by atoms with Crippen molar-refractivity contribution in [3.63, 3.8) is 0 Å². The summed E-state index contributed by atoms with van der Waals surface area (Å²) >= 11 is 1.74. The molecule has 0 aliphatic rings.